The van der Waals surface area contributed by atoms with E-state index in [4.69, 9.17) is 4.74 Å². The minimum absolute atomic E-state index is 0.0498. The third-order valence-corrected chi connectivity index (χ3v) is 4.98. The van der Waals surface area contributed by atoms with Gasteiger partial charge in [0.25, 0.3) is 5.91 Å². The Balaban J connectivity index is 1.89. The molecule has 1 amide bonds. The molecule has 1 aromatic carbocycles. The number of benzene rings is 1. The Kier molecular flexibility index (Phi) is 6.39. The van der Waals surface area contributed by atoms with Crippen LogP contribution in [-0.2, 0) is 16.6 Å². The van der Waals surface area contributed by atoms with Crippen LogP contribution in [0.4, 0.5) is 5.13 Å². The number of aryl methyl sites for hydroxylation is 1. The zero-order valence-corrected chi connectivity index (χ0v) is 17.4. The van der Waals surface area contributed by atoms with Gasteiger partial charge in [0.2, 0.25) is 5.13 Å². The lowest BCUT2D eigenvalue weighted by atomic mass is 9.72. The first-order chi connectivity index (χ1) is 12.1. The van der Waals surface area contributed by atoms with E-state index < -0.39 is 0 Å². The van der Waals surface area contributed by atoms with E-state index in [2.05, 4.69) is 62.3 Å². The molecule has 0 aliphatic heterocycles. The molecule has 1 aromatic heterocycles. The van der Waals surface area contributed by atoms with Gasteiger partial charge in [-0.1, -0.05) is 65.0 Å². The van der Waals surface area contributed by atoms with Crippen LogP contribution in [0.1, 0.15) is 58.5 Å². The van der Waals surface area contributed by atoms with Gasteiger partial charge in [-0.2, -0.15) is 0 Å². The van der Waals surface area contributed by atoms with Crippen molar-refractivity contribution in [2.45, 2.75) is 59.8 Å². The van der Waals surface area contributed by atoms with E-state index in [1.807, 2.05) is 19.1 Å². The summed E-state index contributed by atoms with van der Waals surface area (Å²) in [5.41, 5.74) is 1.62. The highest BCUT2D eigenvalue weighted by Gasteiger charge is 2.27. The maximum absolute atomic E-state index is 12.0. The Morgan fingerprint density at radius 3 is 2.31 bits per heavy atom. The Hall–Kier alpha value is -1.95. The number of nitrogens with zero attached hydrogens (tertiary/aromatic N) is 2. The number of ether oxygens (including phenoxy) is 1. The maximum atomic E-state index is 12.0. The molecule has 0 spiro atoms. The lowest BCUT2D eigenvalue weighted by Crippen LogP contribution is -2.24. The molecule has 0 bridgehead atoms. The number of rotatable bonds is 7. The van der Waals surface area contributed by atoms with E-state index in [1.54, 1.807) is 0 Å². The summed E-state index contributed by atoms with van der Waals surface area (Å²) in [6.07, 6.45) is 1.89. The van der Waals surface area contributed by atoms with E-state index in [1.165, 1.54) is 16.9 Å². The summed E-state index contributed by atoms with van der Waals surface area (Å²) in [6, 6.07) is 8.01. The van der Waals surface area contributed by atoms with Crippen LogP contribution in [0, 0.1) is 5.41 Å². The number of hydrogen-bond acceptors (Lipinski definition) is 5. The summed E-state index contributed by atoms with van der Waals surface area (Å²) in [6.45, 7) is 13.2. The summed E-state index contributed by atoms with van der Waals surface area (Å²) in [5.74, 6) is 0.447. The molecule has 0 saturated carbocycles. The molecule has 6 heteroatoms. The summed E-state index contributed by atoms with van der Waals surface area (Å²) >= 11 is 1.38. The fourth-order valence-corrected chi connectivity index (χ4v) is 3.88. The number of nitrogens with one attached hydrogen (secondary N) is 1. The van der Waals surface area contributed by atoms with Gasteiger partial charge in [-0.15, -0.1) is 10.2 Å². The highest BCUT2D eigenvalue weighted by Crippen LogP contribution is 2.36. The van der Waals surface area contributed by atoms with Crippen molar-refractivity contribution in [2.75, 3.05) is 11.9 Å². The van der Waals surface area contributed by atoms with E-state index >= 15 is 0 Å². The molecule has 1 N–H and O–H groups in total. The molecule has 5 nitrogen and oxygen atoms in total. The molecule has 0 radical (unpaired) electrons. The second-order valence-electron chi connectivity index (χ2n) is 8.34. The number of anilines is 1. The van der Waals surface area contributed by atoms with Crippen molar-refractivity contribution < 1.29 is 9.53 Å². The van der Waals surface area contributed by atoms with Crippen molar-refractivity contribution in [2.24, 2.45) is 5.41 Å². The Labute approximate surface area is 160 Å². The predicted molar refractivity (Wildman–Crippen MR) is 107 cm³/mol. The van der Waals surface area contributed by atoms with E-state index in [0.29, 0.717) is 10.9 Å². The minimum Gasteiger partial charge on any atom is -0.484 e. The van der Waals surface area contributed by atoms with E-state index in [0.717, 1.165) is 17.8 Å². The van der Waals surface area contributed by atoms with Gasteiger partial charge in [-0.05, 0) is 41.4 Å². The Morgan fingerprint density at radius 1 is 1.12 bits per heavy atom. The lowest BCUT2D eigenvalue weighted by molar-refractivity contribution is -0.118. The smallest absolute Gasteiger partial charge is 0.264 e. The SMILES string of the molecule is CCc1nnc(NC(=O)COc2ccc(C(C)(C)CC(C)(C)C)cc2)s1. The lowest BCUT2D eigenvalue weighted by Gasteiger charge is -2.33. The predicted octanol–water partition coefficient (Wildman–Crippen LogP) is 4.83. The third-order valence-electron chi connectivity index (χ3n) is 3.99. The average molecular weight is 376 g/mol. The van der Waals surface area contributed by atoms with E-state index in [9.17, 15) is 4.79 Å². The molecule has 2 aromatic rings. The molecule has 0 unspecified atom stereocenters. The molecule has 0 saturated heterocycles. The Morgan fingerprint density at radius 2 is 1.77 bits per heavy atom. The van der Waals surface area contributed by atoms with Crippen LogP contribution in [-0.4, -0.2) is 22.7 Å². The topological polar surface area (TPSA) is 64.1 Å². The van der Waals surface area contributed by atoms with Crippen molar-refractivity contribution in [1.82, 2.24) is 10.2 Å². The summed E-state index contributed by atoms with van der Waals surface area (Å²) in [4.78, 5) is 12.0. The minimum atomic E-state index is -0.235. The third kappa shape index (κ3) is 6.09. The van der Waals surface area contributed by atoms with E-state index in [-0.39, 0.29) is 23.3 Å². The first kappa shape index (κ1) is 20.4. The van der Waals surface area contributed by atoms with Gasteiger partial charge in [-0.3, -0.25) is 10.1 Å². The van der Waals surface area contributed by atoms with Crippen molar-refractivity contribution in [3.8, 4) is 5.75 Å². The first-order valence-corrected chi connectivity index (χ1v) is 9.76. The molecule has 2 rings (SSSR count). The fourth-order valence-electron chi connectivity index (χ4n) is 3.18. The zero-order chi connectivity index (χ0) is 19.4. The van der Waals surface area contributed by atoms with Crippen LogP contribution in [0.3, 0.4) is 0 Å². The quantitative estimate of drug-likeness (QED) is 0.753. The highest BCUT2D eigenvalue weighted by molar-refractivity contribution is 7.15. The van der Waals surface area contributed by atoms with Crippen molar-refractivity contribution >= 4 is 22.4 Å². The molecule has 0 atom stereocenters. The standard InChI is InChI=1S/C20H29N3O2S/c1-7-17-22-23-18(26-17)21-16(24)12-25-15-10-8-14(9-11-15)20(5,6)13-19(2,3)4/h8-11H,7,12-13H2,1-6H3,(H,21,23,24). The highest BCUT2D eigenvalue weighted by atomic mass is 32.1. The monoisotopic (exact) mass is 375 g/mol. The number of amides is 1. The largest absolute Gasteiger partial charge is 0.484 e. The fraction of sp³-hybridized carbons (Fsp3) is 0.550. The van der Waals surface area contributed by atoms with Gasteiger partial charge in [0.1, 0.15) is 10.8 Å². The van der Waals surface area contributed by atoms with Crippen LogP contribution < -0.4 is 10.1 Å². The molecule has 142 valence electrons. The molecule has 0 aliphatic rings. The van der Waals surface area contributed by atoms with Crippen molar-refractivity contribution in [3.05, 3.63) is 34.8 Å². The first-order valence-electron chi connectivity index (χ1n) is 8.95. The zero-order valence-electron chi connectivity index (χ0n) is 16.5. The van der Waals surface area contributed by atoms with Crippen molar-refractivity contribution in [1.29, 1.82) is 0 Å². The Bertz CT molecular complexity index is 730. The molecule has 26 heavy (non-hydrogen) atoms. The van der Waals surface area contributed by atoms with Gasteiger partial charge in [0.15, 0.2) is 6.61 Å². The van der Waals surface area contributed by atoms with Crippen LogP contribution in [0.25, 0.3) is 0 Å². The normalized spacial score (nSPS) is 12.1. The summed E-state index contributed by atoms with van der Waals surface area (Å²) in [5, 5.41) is 12.0. The molecule has 0 fully saturated rings. The molecule has 0 aliphatic carbocycles. The molecule has 1 heterocycles. The van der Waals surface area contributed by atoms with Gasteiger partial charge in [-0.25, -0.2) is 0 Å². The van der Waals surface area contributed by atoms with Gasteiger partial charge in [0, 0.05) is 0 Å². The van der Waals surface area contributed by atoms with Crippen LogP contribution in [0.15, 0.2) is 24.3 Å². The molecular formula is C20H29N3O2S. The number of aromatic nitrogens is 2. The van der Waals surface area contributed by atoms with Gasteiger partial charge < -0.3 is 4.74 Å². The summed E-state index contributed by atoms with van der Waals surface area (Å²) in [7, 11) is 0. The molecular weight excluding hydrogens is 346 g/mol. The second-order valence-corrected chi connectivity index (χ2v) is 9.40. The van der Waals surface area contributed by atoms with Gasteiger partial charge in [0.05, 0.1) is 0 Å². The second kappa shape index (κ2) is 8.16. The number of carbonyl (C=O) groups excluding carboxylic acids is 1. The van der Waals surface area contributed by atoms with Crippen LogP contribution in [0.2, 0.25) is 0 Å². The average Bonchev–Trinajstić information content (AvgIpc) is 2.98. The van der Waals surface area contributed by atoms with Crippen molar-refractivity contribution in [3.63, 3.8) is 0 Å². The number of hydrogen-bond donors (Lipinski definition) is 1. The summed E-state index contributed by atoms with van der Waals surface area (Å²) < 4.78 is 5.59. The van der Waals surface area contributed by atoms with Crippen LogP contribution in [0.5, 0.6) is 5.75 Å². The number of carbonyl (C=O) groups is 1. The van der Waals surface area contributed by atoms with Crippen LogP contribution >= 0.6 is 11.3 Å². The van der Waals surface area contributed by atoms with Gasteiger partial charge >= 0.3 is 0 Å². The maximum Gasteiger partial charge on any atom is 0.264 e.